The average molecular weight is 187 g/mol. The van der Waals surface area contributed by atoms with Crippen molar-refractivity contribution in [2.45, 2.75) is 58.6 Å². The van der Waals surface area contributed by atoms with Gasteiger partial charge in [-0.2, -0.15) is 0 Å². The molecule has 78 valence electrons. The molecular formula is C10H21NO2. The molecule has 1 atom stereocenters. The fourth-order valence-electron chi connectivity index (χ4n) is 0.832. The Kier molecular flexibility index (Phi) is 3.91. The van der Waals surface area contributed by atoms with Gasteiger partial charge in [0, 0.05) is 5.54 Å². The first kappa shape index (κ1) is 12.4. The highest BCUT2D eigenvalue weighted by Crippen LogP contribution is 2.15. The van der Waals surface area contributed by atoms with Crippen molar-refractivity contribution in [1.82, 2.24) is 0 Å². The van der Waals surface area contributed by atoms with Gasteiger partial charge >= 0.3 is 5.97 Å². The minimum atomic E-state index is -0.442. The van der Waals surface area contributed by atoms with E-state index in [-0.39, 0.29) is 12.4 Å². The van der Waals surface area contributed by atoms with E-state index >= 15 is 0 Å². The standard InChI is InChI=1S/C10H21NO2/c1-6-10(5,11)7-8(12)13-9(2,3)4/h6-7,11H2,1-5H3/t10-/m1/s1. The molecule has 0 spiro atoms. The molecule has 0 heterocycles. The zero-order valence-electron chi connectivity index (χ0n) is 9.31. The summed E-state index contributed by atoms with van der Waals surface area (Å²) in [6, 6.07) is 0. The van der Waals surface area contributed by atoms with Crippen molar-refractivity contribution in [2.24, 2.45) is 5.73 Å². The molecular weight excluding hydrogens is 166 g/mol. The van der Waals surface area contributed by atoms with Gasteiger partial charge in [0.1, 0.15) is 5.60 Å². The number of rotatable bonds is 3. The normalized spacial score (nSPS) is 16.5. The van der Waals surface area contributed by atoms with Crippen LogP contribution in [-0.4, -0.2) is 17.1 Å². The Hall–Kier alpha value is -0.570. The minimum Gasteiger partial charge on any atom is -0.460 e. The first-order valence-electron chi connectivity index (χ1n) is 4.67. The fraction of sp³-hybridized carbons (Fsp3) is 0.900. The predicted octanol–water partition coefficient (Wildman–Crippen LogP) is 1.85. The van der Waals surface area contributed by atoms with E-state index in [0.29, 0.717) is 0 Å². The van der Waals surface area contributed by atoms with Crippen molar-refractivity contribution in [3.8, 4) is 0 Å². The van der Waals surface area contributed by atoms with Crippen LogP contribution in [0.1, 0.15) is 47.5 Å². The number of nitrogens with two attached hydrogens (primary N) is 1. The first-order valence-corrected chi connectivity index (χ1v) is 4.67. The third kappa shape index (κ3) is 6.58. The molecule has 13 heavy (non-hydrogen) atoms. The quantitative estimate of drug-likeness (QED) is 0.686. The topological polar surface area (TPSA) is 52.3 Å². The van der Waals surface area contributed by atoms with Crippen molar-refractivity contribution in [3.05, 3.63) is 0 Å². The molecule has 0 aromatic rings. The number of carbonyl (C=O) groups is 1. The van der Waals surface area contributed by atoms with Crippen LogP contribution in [0.15, 0.2) is 0 Å². The first-order chi connectivity index (χ1) is 5.66. The van der Waals surface area contributed by atoms with Gasteiger partial charge in [-0.05, 0) is 34.1 Å². The molecule has 0 unspecified atom stereocenters. The number of hydrogen-bond acceptors (Lipinski definition) is 3. The van der Waals surface area contributed by atoms with Crippen LogP contribution in [0.25, 0.3) is 0 Å². The van der Waals surface area contributed by atoms with E-state index in [4.69, 9.17) is 10.5 Å². The summed E-state index contributed by atoms with van der Waals surface area (Å²) in [7, 11) is 0. The molecule has 0 aliphatic heterocycles. The van der Waals surface area contributed by atoms with Gasteiger partial charge in [-0.1, -0.05) is 6.92 Å². The van der Waals surface area contributed by atoms with Crippen LogP contribution in [0.4, 0.5) is 0 Å². The summed E-state index contributed by atoms with van der Waals surface area (Å²) in [5.74, 6) is -0.223. The Morgan fingerprint density at radius 3 is 2.08 bits per heavy atom. The molecule has 0 aromatic heterocycles. The van der Waals surface area contributed by atoms with Crippen LogP contribution in [0.5, 0.6) is 0 Å². The highest BCUT2D eigenvalue weighted by molar-refractivity contribution is 5.71. The Morgan fingerprint density at radius 2 is 1.77 bits per heavy atom. The van der Waals surface area contributed by atoms with Crippen molar-refractivity contribution < 1.29 is 9.53 Å². The summed E-state index contributed by atoms with van der Waals surface area (Å²) in [5, 5.41) is 0. The maximum atomic E-state index is 11.3. The number of hydrogen-bond donors (Lipinski definition) is 1. The third-order valence-corrected chi connectivity index (χ3v) is 1.78. The Balaban J connectivity index is 4.03. The van der Waals surface area contributed by atoms with E-state index in [1.807, 2.05) is 34.6 Å². The second-order valence-electron chi connectivity index (χ2n) is 4.77. The number of carbonyl (C=O) groups excluding carboxylic acids is 1. The molecule has 2 N–H and O–H groups in total. The molecule has 3 nitrogen and oxygen atoms in total. The monoisotopic (exact) mass is 187 g/mol. The van der Waals surface area contributed by atoms with Crippen molar-refractivity contribution in [2.75, 3.05) is 0 Å². The van der Waals surface area contributed by atoms with Crippen LogP contribution in [0, 0.1) is 0 Å². The van der Waals surface area contributed by atoms with E-state index in [1.165, 1.54) is 0 Å². The lowest BCUT2D eigenvalue weighted by molar-refractivity contribution is -0.156. The fourth-order valence-corrected chi connectivity index (χ4v) is 0.832. The molecule has 0 rings (SSSR count). The SMILES string of the molecule is CC[C@@](C)(N)CC(=O)OC(C)(C)C. The van der Waals surface area contributed by atoms with Crippen molar-refractivity contribution in [1.29, 1.82) is 0 Å². The summed E-state index contributed by atoms with van der Waals surface area (Å²) < 4.78 is 5.16. The van der Waals surface area contributed by atoms with E-state index in [0.717, 1.165) is 6.42 Å². The van der Waals surface area contributed by atoms with Crippen molar-refractivity contribution in [3.63, 3.8) is 0 Å². The smallest absolute Gasteiger partial charge is 0.308 e. The summed E-state index contributed by atoms with van der Waals surface area (Å²) in [4.78, 5) is 11.3. The van der Waals surface area contributed by atoms with Gasteiger partial charge in [-0.15, -0.1) is 0 Å². The second kappa shape index (κ2) is 4.09. The third-order valence-electron chi connectivity index (χ3n) is 1.78. The second-order valence-corrected chi connectivity index (χ2v) is 4.77. The number of ether oxygens (including phenoxy) is 1. The zero-order chi connectivity index (χ0) is 10.7. The van der Waals surface area contributed by atoms with E-state index in [1.54, 1.807) is 0 Å². The summed E-state index contributed by atoms with van der Waals surface area (Å²) in [6.45, 7) is 9.38. The largest absolute Gasteiger partial charge is 0.460 e. The summed E-state index contributed by atoms with van der Waals surface area (Å²) in [5.41, 5.74) is 4.98. The molecule has 0 saturated heterocycles. The van der Waals surface area contributed by atoms with Gasteiger partial charge in [0.2, 0.25) is 0 Å². The van der Waals surface area contributed by atoms with Gasteiger partial charge in [-0.3, -0.25) is 4.79 Å². The summed E-state index contributed by atoms with van der Waals surface area (Å²) >= 11 is 0. The predicted molar refractivity (Wildman–Crippen MR) is 53.3 cm³/mol. The average Bonchev–Trinajstić information content (AvgIpc) is 1.81. The molecule has 0 amide bonds. The highest BCUT2D eigenvalue weighted by Gasteiger charge is 2.24. The Morgan fingerprint density at radius 1 is 1.31 bits per heavy atom. The lowest BCUT2D eigenvalue weighted by Gasteiger charge is -2.25. The molecule has 0 fully saturated rings. The maximum absolute atomic E-state index is 11.3. The summed E-state index contributed by atoms with van der Waals surface area (Å²) in [6.07, 6.45) is 1.05. The molecule has 0 aliphatic carbocycles. The molecule has 0 radical (unpaired) electrons. The van der Waals surface area contributed by atoms with Crippen LogP contribution in [0.3, 0.4) is 0 Å². The van der Waals surface area contributed by atoms with E-state index in [2.05, 4.69) is 0 Å². The lowest BCUT2D eigenvalue weighted by Crippen LogP contribution is -2.39. The maximum Gasteiger partial charge on any atom is 0.308 e. The molecule has 0 bridgehead atoms. The highest BCUT2D eigenvalue weighted by atomic mass is 16.6. The molecule has 0 aliphatic rings. The zero-order valence-corrected chi connectivity index (χ0v) is 9.31. The molecule has 0 aromatic carbocycles. The van der Waals surface area contributed by atoms with Crippen LogP contribution >= 0.6 is 0 Å². The van der Waals surface area contributed by atoms with Crippen LogP contribution < -0.4 is 5.73 Å². The van der Waals surface area contributed by atoms with Gasteiger partial charge < -0.3 is 10.5 Å². The molecule has 3 heteroatoms. The van der Waals surface area contributed by atoms with Gasteiger partial charge in [-0.25, -0.2) is 0 Å². The minimum absolute atomic E-state index is 0.223. The van der Waals surface area contributed by atoms with Gasteiger partial charge in [0.15, 0.2) is 0 Å². The number of esters is 1. The Labute approximate surface area is 80.6 Å². The van der Waals surface area contributed by atoms with E-state index in [9.17, 15) is 4.79 Å². The van der Waals surface area contributed by atoms with E-state index < -0.39 is 11.1 Å². The van der Waals surface area contributed by atoms with Gasteiger partial charge in [0.05, 0.1) is 6.42 Å². The molecule has 0 saturated carbocycles. The lowest BCUT2D eigenvalue weighted by atomic mass is 9.96. The van der Waals surface area contributed by atoms with Crippen LogP contribution in [-0.2, 0) is 9.53 Å². The Bertz CT molecular complexity index is 180. The van der Waals surface area contributed by atoms with Crippen LogP contribution in [0.2, 0.25) is 0 Å². The van der Waals surface area contributed by atoms with Crippen molar-refractivity contribution >= 4 is 5.97 Å². The van der Waals surface area contributed by atoms with Gasteiger partial charge in [0.25, 0.3) is 0 Å².